The van der Waals surface area contributed by atoms with Crippen LogP contribution >= 0.6 is 0 Å². The highest BCUT2D eigenvalue weighted by Crippen LogP contribution is 2.38. The van der Waals surface area contributed by atoms with E-state index < -0.39 is 5.97 Å². The van der Waals surface area contributed by atoms with Crippen LogP contribution in [0.4, 0.5) is 0 Å². The number of ether oxygens (including phenoxy) is 2. The Bertz CT molecular complexity index is 2130. The average molecular weight is 678 g/mol. The molecule has 2 aliphatic rings. The van der Waals surface area contributed by atoms with E-state index >= 15 is 0 Å². The zero-order valence-electron chi connectivity index (χ0n) is 28.5. The summed E-state index contributed by atoms with van der Waals surface area (Å²) in [5, 5.41) is 8.93. The molecule has 0 unspecified atom stereocenters. The number of rotatable bonds is 6. The quantitative estimate of drug-likeness (QED) is 0.167. The van der Waals surface area contributed by atoms with E-state index in [1.807, 2.05) is 91.9 Å². The number of fused-ring (bicyclic) bond motifs is 6. The molecule has 0 spiro atoms. The first-order valence-corrected chi connectivity index (χ1v) is 16.8. The van der Waals surface area contributed by atoms with Crippen LogP contribution in [0, 0.1) is 0 Å². The summed E-state index contributed by atoms with van der Waals surface area (Å²) in [6.07, 6.45) is 7.37. The maximum absolute atomic E-state index is 12.7. The van der Waals surface area contributed by atoms with Crippen molar-refractivity contribution in [1.82, 2.24) is 9.97 Å². The van der Waals surface area contributed by atoms with Crippen molar-refractivity contribution < 1.29 is 24.2 Å². The summed E-state index contributed by atoms with van der Waals surface area (Å²) in [5.41, 5.74) is 15.1. The molecular weight excluding hydrogens is 638 g/mol. The number of carbonyl (C=O) groups excluding carboxylic acids is 1. The van der Waals surface area contributed by atoms with Crippen molar-refractivity contribution >= 4 is 11.8 Å². The molecule has 0 saturated carbocycles. The summed E-state index contributed by atoms with van der Waals surface area (Å²) in [6.45, 7) is 4.94. The molecule has 8 rings (SSSR count). The Kier molecular flexibility index (Phi) is 10.9. The maximum Gasteiger partial charge on any atom is 0.335 e. The number of aromatic nitrogens is 2. The second-order valence-electron chi connectivity index (χ2n) is 12.5. The lowest BCUT2D eigenvalue weighted by Gasteiger charge is -2.21. The zero-order valence-corrected chi connectivity index (χ0v) is 28.5. The zero-order chi connectivity index (χ0) is 35.7. The van der Waals surface area contributed by atoms with Gasteiger partial charge in [-0.1, -0.05) is 85.8 Å². The Morgan fingerprint density at radius 2 is 1.16 bits per heavy atom. The van der Waals surface area contributed by atoms with Crippen molar-refractivity contribution in [3.05, 3.63) is 167 Å². The van der Waals surface area contributed by atoms with Gasteiger partial charge >= 0.3 is 5.97 Å². The Labute approximate surface area is 297 Å². The number of pyridine rings is 2. The minimum Gasteiger partial charge on any atom is -0.487 e. The smallest absolute Gasteiger partial charge is 0.335 e. The number of hydrogen-bond acceptors (Lipinski definition) is 7. The van der Waals surface area contributed by atoms with Crippen LogP contribution in [-0.2, 0) is 13.2 Å². The fourth-order valence-corrected chi connectivity index (χ4v) is 6.06. The number of carboxylic acid groups (broad SMARTS) is 1. The van der Waals surface area contributed by atoms with Gasteiger partial charge in [0.2, 0.25) is 0 Å². The molecule has 0 radical (unpaired) electrons. The summed E-state index contributed by atoms with van der Waals surface area (Å²) in [6, 6.07) is 35.2. The lowest BCUT2D eigenvalue weighted by molar-refractivity contribution is 0.0696. The van der Waals surface area contributed by atoms with Crippen molar-refractivity contribution in [2.24, 2.45) is 5.73 Å². The number of nitrogens with zero attached hydrogens (tertiary/aromatic N) is 2. The molecule has 4 heterocycles. The van der Waals surface area contributed by atoms with E-state index in [-0.39, 0.29) is 23.3 Å². The summed E-state index contributed by atoms with van der Waals surface area (Å²) >= 11 is 0. The van der Waals surface area contributed by atoms with E-state index in [1.54, 1.807) is 36.9 Å². The summed E-state index contributed by atoms with van der Waals surface area (Å²) in [4.78, 5) is 31.7. The van der Waals surface area contributed by atoms with Gasteiger partial charge in [0.1, 0.15) is 24.7 Å². The van der Waals surface area contributed by atoms with Crippen LogP contribution in [0.5, 0.6) is 11.5 Å². The van der Waals surface area contributed by atoms with Crippen LogP contribution in [0.1, 0.15) is 75.2 Å². The van der Waals surface area contributed by atoms with Crippen LogP contribution in [0.2, 0.25) is 0 Å². The number of hydrogen-bond donors (Lipinski definition) is 2. The van der Waals surface area contributed by atoms with Gasteiger partial charge in [0.25, 0.3) is 0 Å². The highest BCUT2D eigenvalue weighted by Gasteiger charge is 2.21. The number of aromatic carboxylic acids is 1. The standard InChI is InChI=1S/C22H19NO2.C13H9NO3.C8H11N/c1-15(16-5-3-2-4-6-16)11-21(24)17-7-8-19-18(12-17)14-25-22-13-23-10-9-20(19)22;15-13(16)8-1-2-10-9(5-8)7-17-12-6-14-4-3-11(10)12;1-7(9)8-5-3-2-4-6-8/h2-10,12-13,15H,11,14H2,1H3;1-6H,7H2,(H,15,16);2-7H,9H2,1H3/t15-;;7-/m0.1/s1. The molecule has 8 heteroatoms. The van der Waals surface area contributed by atoms with E-state index in [4.69, 9.17) is 20.3 Å². The third kappa shape index (κ3) is 8.37. The van der Waals surface area contributed by atoms with Crippen LogP contribution in [0.15, 0.2) is 134 Å². The largest absolute Gasteiger partial charge is 0.487 e. The van der Waals surface area contributed by atoms with Crippen molar-refractivity contribution in [3.63, 3.8) is 0 Å². The summed E-state index contributed by atoms with van der Waals surface area (Å²) in [5.74, 6) is 0.982. The fourth-order valence-electron chi connectivity index (χ4n) is 6.06. The molecule has 256 valence electrons. The predicted octanol–water partition coefficient (Wildman–Crippen LogP) is 9.06. The van der Waals surface area contributed by atoms with Crippen LogP contribution < -0.4 is 15.2 Å². The Balaban J connectivity index is 0.000000148. The third-order valence-electron chi connectivity index (χ3n) is 8.88. The monoisotopic (exact) mass is 677 g/mol. The molecule has 0 bridgehead atoms. The highest BCUT2D eigenvalue weighted by atomic mass is 16.5. The van der Waals surface area contributed by atoms with E-state index in [2.05, 4.69) is 29.0 Å². The Hall–Kier alpha value is -6.12. The predicted molar refractivity (Wildman–Crippen MR) is 198 cm³/mol. The fraction of sp³-hybridized carbons (Fsp3) is 0.163. The molecule has 51 heavy (non-hydrogen) atoms. The van der Waals surface area contributed by atoms with Gasteiger partial charge in [0.15, 0.2) is 5.78 Å². The van der Waals surface area contributed by atoms with Crippen molar-refractivity contribution in [2.75, 3.05) is 0 Å². The van der Waals surface area contributed by atoms with Gasteiger partial charge in [-0.25, -0.2) is 4.79 Å². The molecule has 2 aromatic heterocycles. The van der Waals surface area contributed by atoms with E-state index in [0.717, 1.165) is 50.4 Å². The molecule has 0 aliphatic carbocycles. The number of ketones is 1. The molecule has 0 amide bonds. The van der Waals surface area contributed by atoms with Crippen molar-refractivity contribution in [1.29, 1.82) is 0 Å². The molecule has 2 atom stereocenters. The topological polar surface area (TPSA) is 125 Å². The second kappa shape index (κ2) is 16.1. The van der Waals surface area contributed by atoms with E-state index in [1.165, 1.54) is 11.1 Å². The molecule has 8 nitrogen and oxygen atoms in total. The molecule has 4 aromatic carbocycles. The van der Waals surface area contributed by atoms with Gasteiger partial charge in [-0.05, 0) is 76.6 Å². The molecule has 6 aromatic rings. The summed E-state index contributed by atoms with van der Waals surface area (Å²) in [7, 11) is 0. The van der Waals surface area contributed by atoms with Crippen LogP contribution in [0.3, 0.4) is 0 Å². The summed E-state index contributed by atoms with van der Waals surface area (Å²) < 4.78 is 11.3. The van der Waals surface area contributed by atoms with Gasteiger partial charge in [-0.2, -0.15) is 0 Å². The van der Waals surface area contributed by atoms with E-state index in [0.29, 0.717) is 19.6 Å². The van der Waals surface area contributed by atoms with Crippen LogP contribution in [-0.4, -0.2) is 26.8 Å². The first-order valence-electron chi connectivity index (χ1n) is 16.8. The number of benzene rings is 4. The lowest BCUT2D eigenvalue weighted by atomic mass is 9.90. The van der Waals surface area contributed by atoms with Gasteiger partial charge in [-0.15, -0.1) is 0 Å². The van der Waals surface area contributed by atoms with E-state index in [9.17, 15) is 9.59 Å². The number of carbonyl (C=O) groups is 2. The van der Waals surface area contributed by atoms with Gasteiger partial charge in [0, 0.05) is 41.5 Å². The number of carboxylic acids is 1. The van der Waals surface area contributed by atoms with Crippen molar-refractivity contribution in [2.45, 2.75) is 45.4 Å². The Morgan fingerprint density at radius 3 is 1.65 bits per heavy atom. The lowest BCUT2D eigenvalue weighted by Crippen LogP contribution is -2.09. The first kappa shape index (κ1) is 34.7. The number of Topliss-reactive ketones (excluding diaryl/α,β-unsaturated/α-hetero) is 1. The number of nitrogens with two attached hydrogens (primary N) is 1. The van der Waals surface area contributed by atoms with Gasteiger partial charge < -0.3 is 20.3 Å². The highest BCUT2D eigenvalue weighted by molar-refractivity contribution is 5.97. The third-order valence-corrected chi connectivity index (χ3v) is 8.88. The molecule has 0 saturated heterocycles. The minimum atomic E-state index is -0.923. The SMILES string of the molecule is C[C@@H](CC(=O)c1ccc2c(c1)COc1cnccc1-2)c1ccccc1.C[C@@H](N)c1ccccc1.O=C(O)c1ccc2c(c1)COc1cnccc1-2. The van der Waals surface area contributed by atoms with Gasteiger partial charge in [0.05, 0.1) is 18.0 Å². The minimum absolute atomic E-state index is 0.159. The normalized spacial score (nSPS) is 12.9. The second-order valence-corrected chi connectivity index (χ2v) is 12.5. The molecular formula is C43H39N3O5. The van der Waals surface area contributed by atoms with Crippen LogP contribution in [0.25, 0.3) is 22.3 Å². The maximum atomic E-state index is 12.7. The van der Waals surface area contributed by atoms with Crippen molar-refractivity contribution in [3.8, 4) is 33.8 Å². The first-order chi connectivity index (χ1) is 24.8. The molecule has 3 N–H and O–H groups in total. The Morgan fingerprint density at radius 1 is 0.667 bits per heavy atom. The average Bonchev–Trinajstić information content (AvgIpc) is 3.18. The van der Waals surface area contributed by atoms with Gasteiger partial charge in [-0.3, -0.25) is 14.8 Å². The molecule has 2 aliphatic heterocycles. The molecule has 0 fully saturated rings.